The Bertz CT molecular complexity index is 356. The molecule has 2 N–H and O–H groups in total. The Kier molecular flexibility index (Phi) is 2.28. The molecule has 1 saturated carbocycles. The number of rotatable bonds is 2. The third-order valence-corrected chi connectivity index (χ3v) is 3.07. The highest BCUT2D eigenvalue weighted by atomic mass is 35.5. The maximum Gasteiger partial charge on any atom is 0.134 e. The summed E-state index contributed by atoms with van der Waals surface area (Å²) in [5.74, 6) is 0.412. The molecule has 0 spiro atoms. The van der Waals surface area contributed by atoms with E-state index in [1.54, 1.807) is 0 Å². The summed E-state index contributed by atoms with van der Waals surface area (Å²) < 4.78 is 0. The third-order valence-electron chi connectivity index (χ3n) is 2.79. The normalized spacial score (nSPS) is 18.6. The molecule has 0 radical (unpaired) electrons. The molecule has 0 amide bonds. The van der Waals surface area contributed by atoms with E-state index in [-0.39, 0.29) is 5.54 Å². The molecule has 2 nitrogen and oxygen atoms in total. The van der Waals surface area contributed by atoms with Crippen LogP contribution in [0, 0.1) is 0 Å². The standard InChI is InChI=1S/C11H15ClN2/c1-7(2)9-4-3-8(10(12)14-9)11(13)5-6-11/h3-4,7H,5-6,13H2,1-2H3. The van der Waals surface area contributed by atoms with E-state index < -0.39 is 0 Å². The minimum absolute atomic E-state index is 0.181. The monoisotopic (exact) mass is 210 g/mol. The van der Waals surface area contributed by atoms with Crippen LogP contribution < -0.4 is 5.73 Å². The van der Waals surface area contributed by atoms with Crippen molar-refractivity contribution in [2.75, 3.05) is 0 Å². The molecular weight excluding hydrogens is 196 g/mol. The quantitative estimate of drug-likeness (QED) is 0.763. The molecule has 0 atom stereocenters. The van der Waals surface area contributed by atoms with Gasteiger partial charge >= 0.3 is 0 Å². The lowest BCUT2D eigenvalue weighted by molar-refractivity contribution is 0.727. The first-order valence-corrected chi connectivity index (χ1v) is 5.36. The zero-order chi connectivity index (χ0) is 10.3. The number of pyridine rings is 1. The SMILES string of the molecule is CC(C)c1ccc(C2(N)CC2)c(Cl)n1. The zero-order valence-electron chi connectivity index (χ0n) is 8.55. The third kappa shape index (κ3) is 1.64. The molecular formula is C11H15ClN2. The van der Waals surface area contributed by atoms with Crippen molar-refractivity contribution < 1.29 is 0 Å². The van der Waals surface area contributed by atoms with Crippen molar-refractivity contribution in [3.05, 3.63) is 28.5 Å². The van der Waals surface area contributed by atoms with Crippen molar-refractivity contribution in [1.29, 1.82) is 0 Å². The van der Waals surface area contributed by atoms with Crippen molar-refractivity contribution in [1.82, 2.24) is 4.98 Å². The van der Waals surface area contributed by atoms with Gasteiger partial charge in [0.05, 0.1) is 0 Å². The molecule has 0 saturated heterocycles. The highest BCUT2D eigenvalue weighted by Crippen LogP contribution is 2.45. The topological polar surface area (TPSA) is 38.9 Å². The van der Waals surface area contributed by atoms with Crippen LogP contribution in [0.1, 0.15) is 43.9 Å². The fourth-order valence-electron chi connectivity index (χ4n) is 1.55. The van der Waals surface area contributed by atoms with Gasteiger partial charge in [0.2, 0.25) is 0 Å². The summed E-state index contributed by atoms with van der Waals surface area (Å²) in [7, 11) is 0. The van der Waals surface area contributed by atoms with Gasteiger partial charge in [0.15, 0.2) is 0 Å². The van der Waals surface area contributed by atoms with E-state index in [2.05, 4.69) is 18.8 Å². The number of hydrogen-bond acceptors (Lipinski definition) is 2. The molecule has 1 aliphatic carbocycles. The smallest absolute Gasteiger partial charge is 0.134 e. The van der Waals surface area contributed by atoms with Gasteiger partial charge in [-0.05, 0) is 24.8 Å². The molecule has 2 rings (SSSR count). The number of nitrogens with zero attached hydrogens (tertiary/aromatic N) is 1. The maximum atomic E-state index is 6.11. The van der Waals surface area contributed by atoms with Crippen LogP contribution in [0.5, 0.6) is 0 Å². The van der Waals surface area contributed by atoms with Gasteiger partial charge in [-0.1, -0.05) is 31.5 Å². The van der Waals surface area contributed by atoms with Crippen LogP contribution in [0.15, 0.2) is 12.1 Å². The van der Waals surface area contributed by atoms with Gasteiger partial charge in [0, 0.05) is 16.8 Å². The molecule has 1 aliphatic rings. The first kappa shape index (κ1) is 9.94. The lowest BCUT2D eigenvalue weighted by Gasteiger charge is -2.12. The van der Waals surface area contributed by atoms with Crippen LogP contribution in [0.4, 0.5) is 0 Å². The predicted molar refractivity (Wildman–Crippen MR) is 58.4 cm³/mol. The summed E-state index contributed by atoms with van der Waals surface area (Å²) in [5.41, 5.74) is 7.92. The summed E-state index contributed by atoms with van der Waals surface area (Å²) in [6.45, 7) is 4.21. The molecule has 0 aliphatic heterocycles. The minimum Gasteiger partial charge on any atom is -0.321 e. The van der Waals surface area contributed by atoms with E-state index in [0.29, 0.717) is 11.1 Å². The Labute approximate surface area is 89.5 Å². The van der Waals surface area contributed by atoms with Crippen LogP contribution >= 0.6 is 11.6 Å². The molecule has 1 fully saturated rings. The summed E-state index contributed by atoms with van der Waals surface area (Å²) in [6, 6.07) is 4.05. The molecule has 0 aromatic carbocycles. The maximum absolute atomic E-state index is 6.11. The first-order chi connectivity index (χ1) is 6.53. The Morgan fingerprint density at radius 3 is 2.50 bits per heavy atom. The lowest BCUT2D eigenvalue weighted by Crippen LogP contribution is -2.19. The Balaban J connectivity index is 2.37. The number of halogens is 1. The Morgan fingerprint density at radius 1 is 1.43 bits per heavy atom. The van der Waals surface area contributed by atoms with E-state index in [1.807, 2.05) is 12.1 Å². The molecule has 0 bridgehead atoms. The van der Waals surface area contributed by atoms with E-state index >= 15 is 0 Å². The molecule has 1 heterocycles. The van der Waals surface area contributed by atoms with E-state index in [9.17, 15) is 0 Å². The van der Waals surface area contributed by atoms with Gasteiger partial charge in [0.25, 0.3) is 0 Å². The summed E-state index contributed by atoms with van der Waals surface area (Å²) in [5, 5.41) is 0.580. The Hall–Kier alpha value is -0.600. The average Bonchev–Trinajstić information content (AvgIpc) is 2.84. The number of hydrogen-bond donors (Lipinski definition) is 1. The molecule has 0 unspecified atom stereocenters. The fourth-order valence-corrected chi connectivity index (χ4v) is 1.89. The zero-order valence-corrected chi connectivity index (χ0v) is 9.30. The predicted octanol–water partition coefficient (Wildman–Crippen LogP) is 2.81. The molecule has 1 aromatic rings. The van der Waals surface area contributed by atoms with Crippen LogP contribution in [0.2, 0.25) is 5.15 Å². The highest BCUT2D eigenvalue weighted by molar-refractivity contribution is 6.30. The summed E-state index contributed by atoms with van der Waals surface area (Å²) >= 11 is 6.11. The van der Waals surface area contributed by atoms with Crippen LogP contribution in [0.3, 0.4) is 0 Å². The first-order valence-electron chi connectivity index (χ1n) is 4.99. The number of nitrogens with two attached hydrogens (primary N) is 1. The highest BCUT2D eigenvalue weighted by Gasteiger charge is 2.41. The van der Waals surface area contributed by atoms with Crippen molar-refractivity contribution >= 4 is 11.6 Å². The summed E-state index contributed by atoms with van der Waals surface area (Å²) in [4.78, 5) is 4.36. The van der Waals surface area contributed by atoms with Gasteiger partial charge in [-0.2, -0.15) is 0 Å². The van der Waals surface area contributed by atoms with Gasteiger partial charge in [-0.25, -0.2) is 4.98 Å². The van der Waals surface area contributed by atoms with Crippen molar-refractivity contribution in [2.24, 2.45) is 5.73 Å². The van der Waals surface area contributed by atoms with E-state index in [0.717, 1.165) is 24.1 Å². The van der Waals surface area contributed by atoms with Crippen molar-refractivity contribution in [2.45, 2.75) is 38.1 Å². The van der Waals surface area contributed by atoms with E-state index in [4.69, 9.17) is 17.3 Å². The average molecular weight is 211 g/mol. The van der Waals surface area contributed by atoms with Crippen LogP contribution in [-0.2, 0) is 5.54 Å². The second-order valence-corrected chi connectivity index (χ2v) is 4.74. The lowest BCUT2D eigenvalue weighted by atomic mass is 10.1. The molecule has 3 heteroatoms. The second-order valence-electron chi connectivity index (χ2n) is 4.39. The molecule has 76 valence electrons. The fraction of sp³-hybridized carbons (Fsp3) is 0.545. The van der Waals surface area contributed by atoms with Gasteiger partial charge in [-0.15, -0.1) is 0 Å². The Morgan fingerprint density at radius 2 is 2.07 bits per heavy atom. The van der Waals surface area contributed by atoms with Crippen molar-refractivity contribution in [3.8, 4) is 0 Å². The van der Waals surface area contributed by atoms with E-state index in [1.165, 1.54) is 0 Å². The van der Waals surface area contributed by atoms with Gasteiger partial charge < -0.3 is 5.73 Å². The largest absolute Gasteiger partial charge is 0.321 e. The van der Waals surface area contributed by atoms with Crippen LogP contribution in [-0.4, -0.2) is 4.98 Å². The number of aromatic nitrogens is 1. The summed E-state index contributed by atoms with van der Waals surface area (Å²) in [6.07, 6.45) is 2.05. The van der Waals surface area contributed by atoms with Crippen molar-refractivity contribution in [3.63, 3.8) is 0 Å². The molecule has 14 heavy (non-hydrogen) atoms. The van der Waals surface area contributed by atoms with Crippen LogP contribution in [0.25, 0.3) is 0 Å². The van der Waals surface area contributed by atoms with Gasteiger partial charge in [-0.3, -0.25) is 0 Å². The molecule has 1 aromatic heterocycles. The minimum atomic E-state index is -0.181. The second kappa shape index (κ2) is 3.21. The van der Waals surface area contributed by atoms with Gasteiger partial charge in [0.1, 0.15) is 5.15 Å².